The number of carbonyl (C=O) groups is 13. The topological polar surface area (TPSA) is 546 Å². The van der Waals surface area contributed by atoms with Gasteiger partial charge in [0.05, 0.1) is 101 Å². The smallest absolute Gasteiger partial charge is 0.464 e. The number of ether oxygens (including phenoxy) is 8. The Balaban J connectivity index is 0.738. The number of primary amides is 1. The van der Waals surface area contributed by atoms with Gasteiger partial charge in [0, 0.05) is 85.4 Å². The average Bonchev–Trinajstić information content (AvgIpc) is 1.68. The van der Waals surface area contributed by atoms with E-state index >= 15 is 4.39 Å². The first-order chi connectivity index (χ1) is 54.8. The van der Waals surface area contributed by atoms with Crippen LogP contribution in [0.5, 0.6) is 0 Å². The summed E-state index contributed by atoms with van der Waals surface area (Å²) in [6.45, 7) is 7.03. The molecule has 115 heavy (non-hydrogen) atoms. The number of hydrogen-bond donors (Lipinski definition) is 13. The molecule has 8 atom stereocenters. The summed E-state index contributed by atoms with van der Waals surface area (Å²) in [6.07, 6.45) is -1.64. The Morgan fingerprint density at radius 1 is 0.748 bits per heavy atom. The lowest BCUT2D eigenvalue weighted by Crippen LogP contribution is -2.58. The van der Waals surface area contributed by atoms with Crippen molar-refractivity contribution < 1.29 is 124 Å². The molecule has 0 saturated carbocycles. The summed E-state index contributed by atoms with van der Waals surface area (Å²) in [5, 5.41) is 34.6. The van der Waals surface area contributed by atoms with Crippen molar-refractivity contribution in [1.82, 2.24) is 57.0 Å². The molecule has 4 aliphatic heterocycles. The number of amides is 11. The lowest BCUT2D eigenvalue weighted by atomic mass is 9.81. The molecular formula is C74H95FN13O26P. The van der Waals surface area contributed by atoms with Gasteiger partial charge >= 0.3 is 31.7 Å². The molecule has 41 heteroatoms. The van der Waals surface area contributed by atoms with Crippen molar-refractivity contribution in [2.75, 3.05) is 90.6 Å². The van der Waals surface area contributed by atoms with E-state index in [1.165, 1.54) is 34.9 Å². The third-order valence-electron chi connectivity index (χ3n) is 19.5. The zero-order valence-corrected chi connectivity index (χ0v) is 64.8. The van der Waals surface area contributed by atoms with Crippen molar-refractivity contribution in [2.45, 2.75) is 160 Å². The summed E-state index contributed by atoms with van der Waals surface area (Å²) in [7, 11) is -4.48. The second-order valence-corrected chi connectivity index (χ2v) is 29.8. The Labute approximate surface area is 657 Å². The standard InChI is InChI=1S/C74H95FN13O26P/c1-6-74(47-32-54-64-45(36-87(54)69(99)46(47)38-112-71(74)101)62-49(80-41(5)89)14-13-44-40(4)48(75)33-52(84-64)61(44)62)114-73(103)113-37-42-9-11-43(12-10-42)81-65(95)50(8-7-20-78-72(76)102)85-68(98)63(39(2)3)86-66(96)53(34-58(92)82-51-17-23-111-70(51)100)83-57(91)18-22-107-25-27-109-29-30-110-28-26-108-24-21-77-67(97)55(88-59(93)15-16-60(88)94)35-79-56(90)19-31-115(104,105)106/h9-12,15-16,32-33,39,41,49-51,53,55,63,80,89H,6-8,13-14,17-31,34-38H2,1-5H3,(H,77,97)(H,79,90)(H,81,95)(H,82,92)(H,83,91)(H,85,98)(H,86,96)(H3,76,78,102)(H2,104,105,106)/t41?,49-,50-,51-,53-,55-,63-,74-/m0/s1. The molecule has 4 aromatic rings. The Morgan fingerprint density at radius 3 is 2.06 bits per heavy atom. The molecule has 11 amide bonds. The van der Waals surface area contributed by atoms with Crippen LogP contribution in [0.4, 0.5) is 19.7 Å². The highest BCUT2D eigenvalue weighted by Gasteiger charge is 2.52. The highest BCUT2D eigenvalue weighted by atomic mass is 31.2. The number of anilines is 1. The normalized spacial score (nSPS) is 17.9. The van der Waals surface area contributed by atoms with Gasteiger partial charge in [0.15, 0.2) is 0 Å². The van der Waals surface area contributed by atoms with E-state index < -0.39 is 183 Å². The van der Waals surface area contributed by atoms with Gasteiger partial charge in [0.25, 0.3) is 17.4 Å². The van der Waals surface area contributed by atoms with Crippen LogP contribution in [0, 0.1) is 18.7 Å². The van der Waals surface area contributed by atoms with E-state index in [0.29, 0.717) is 45.6 Å². The minimum absolute atomic E-state index is 0.0138. The van der Waals surface area contributed by atoms with E-state index in [-0.39, 0.29) is 140 Å². The van der Waals surface area contributed by atoms with Gasteiger partial charge in [-0.3, -0.25) is 62.7 Å². The largest absolute Gasteiger partial charge is 0.510 e. The number of fused-ring (bicyclic) bond motifs is 5. The van der Waals surface area contributed by atoms with Crippen molar-refractivity contribution in [1.29, 1.82) is 0 Å². The van der Waals surface area contributed by atoms with E-state index in [1.807, 2.05) is 0 Å². The van der Waals surface area contributed by atoms with E-state index in [0.717, 1.165) is 28.7 Å². The molecule has 1 saturated heterocycles. The lowest BCUT2D eigenvalue weighted by molar-refractivity contribution is -0.175. The fourth-order valence-electron chi connectivity index (χ4n) is 13.6. The first-order valence-electron chi connectivity index (χ1n) is 37.4. The second-order valence-electron chi connectivity index (χ2n) is 28.0. The average molecular weight is 1630 g/mol. The predicted molar refractivity (Wildman–Crippen MR) is 399 cm³/mol. The molecule has 0 radical (unpaired) electrons. The van der Waals surface area contributed by atoms with Crippen LogP contribution in [0.15, 0.2) is 53.3 Å². The van der Waals surface area contributed by atoms with Crippen LogP contribution in [0.3, 0.4) is 0 Å². The number of nitrogens with two attached hydrogens (primary N) is 1. The maximum atomic E-state index is 15.5. The van der Waals surface area contributed by atoms with Gasteiger partial charge in [0.1, 0.15) is 55.5 Å². The van der Waals surface area contributed by atoms with E-state index in [2.05, 4.69) is 47.9 Å². The van der Waals surface area contributed by atoms with Crippen LogP contribution >= 0.6 is 7.60 Å². The van der Waals surface area contributed by atoms with Crippen molar-refractivity contribution >= 4 is 101 Å². The highest BCUT2D eigenvalue weighted by molar-refractivity contribution is 7.51. The number of aryl methyl sites for hydroxylation is 1. The molecule has 6 heterocycles. The number of pyridine rings is 2. The van der Waals surface area contributed by atoms with Crippen molar-refractivity contribution in [3.8, 4) is 11.4 Å². The molecule has 0 spiro atoms. The summed E-state index contributed by atoms with van der Waals surface area (Å²) in [5.41, 5.74) is 6.94. The Bertz CT molecular complexity index is 4480. The van der Waals surface area contributed by atoms with Crippen LogP contribution in [-0.4, -0.2) is 228 Å². The molecular weight excluding hydrogens is 1540 g/mol. The number of urea groups is 1. The van der Waals surface area contributed by atoms with Crippen molar-refractivity contribution in [3.63, 3.8) is 0 Å². The summed E-state index contributed by atoms with van der Waals surface area (Å²) in [4.78, 5) is 209. The lowest BCUT2D eigenvalue weighted by Gasteiger charge is -2.35. The van der Waals surface area contributed by atoms with Crippen LogP contribution in [0.25, 0.3) is 22.3 Å². The Kier molecular flexibility index (Phi) is 31.1. The number of aliphatic hydroxyl groups excluding tert-OH is 1. The summed E-state index contributed by atoms with van der Waals surface area (Å²) >= 11 is 0. The number of cyclic esters (lactones) is 2. The maximum Gasteiger partial charge on any atom is 0.510 e. The molecule has 1 aliphatic carbocycles. The number of nitrogens with one attached hydrogen (secondary N) is 9. The molecule has 0 bridgehead atoms. The predicted octanol–water partition coefficient (Wildman–Crippen LogP) is -0.327. The van der Waals surface area contributed by atoms with Gasteiger partial charge in [-0.1, -0.05) is 32.9 Å². The number of carbonyl (C=O) groups excluding carboxylic acids is 13. The molecule has 5 aliphatic rings. The molecule has 2 aromatic carbocycles. The number of hydrogen-bond acceptors (Lipinski definition) is 26. The molecule has 1 unspecified atom stereocenters. The molecule has 14 N–H and O–H groups in total. The van der Waals surface area contributed by atoms with Crippen LogP contribution < -0.4 is 59.1 Å². The molecule has 9 rings (SSSR count). The number of halogens is 1. The number of rotatable bonds is 43. The van der Waals surface area contributed by atoms with Gasteiger partial charge in [0.2, 0.25) is 47.0 Å². The molecule has 2 aromatic heterocycles. The SMILES string of the molecule is CC[C@@]1(OC(=O)OCc2ccc(NC(=O)[C@H](CCCNC(N)=O)NC(=O)[C@@H](NC(=O)[C@H](CC(=O)N[C@H]3CCOC3=O)NC(=O)CCOCCOCCOCCOCCNC(=O)[C@H](CNC(=O)CCP(=O)(O)O)N3C(=O)C=CC3=O)C(C)C)cc2)C(=O)OCc2c1cc1n(c2=O)Cc2c-1nc1cc(F)c(C)c3c1c2[C@@H](NC(C)O)CC3. The molecule has 1 fully saturated rings. The number of aromatic nitrogens is 2. The van der Waals surface area contributed by atoms with E-state index in [4.69, 9.17) is 58.4 Å². The third kappa shape index (κ3) is 23.3. The molecule has 39 nitrogen and oxygen atoms in total. The van der Waals surface area contributed by atoms with Crippen molar-refractivity contribution in [2.24, 2.45) is 11.7 Å². The monoisotopic (exact) mass is 1630 g/mol. The number of benzene rings is 2. The molecule has 624 valence electrons. The van der Waals surface area contributed by atoms with Crippen LogP contribution in [0.1, 0.15) is 124 Å². The zero-order chi connectivity index (χ0) is 83.4. The Morgan fingerprint density at radius 2 is 1.43 bits per heavy atom. The first-order valence-corrected chi connectivity index (χ1v) is 39.2. The number of nitrogens with zero attached hydrogens (tertiary/aromatic N) is 3. The summed E-state index contributed by atoms with van der Waals surface area (Å²) in [5.74, 6) is -10.2. The minimum atomic E-state index is -4.48. The highest BCUT2D eigenvalue weighted by Crippen LogP contribution is 2.47. The van der Waals surface area contributed by atoms with Gasteiger partial charge in [-0.15, -0.1) is 0 Å². The fourth-order valence-corrected chi connectivity index (χ4v) is 14.1. The van der Waals surface area contributed by atoms with E-state index in [1.54, 1.807) is 40.7 Å². The van der Waals surface area contributed by atoms with Crippen LogP contribution in [-0.2, 0) is 127 Å². The van der Waals surface area contributed by atoms with Crippen molar-refractivity contribution in [3.05, 3.63) is 104 Å². The van der Waals surface area contributed by atoms with E-state index in [9.17, 15) is 76.8 Å². The number of imide groups is 1. The van der Waals surface area contributed by atoms with Gasteiger partial charge in [-0.05, 0) is 92.3 Å². The zero-order valence-electron chi connectivity index (χ0n) is 63.9. The summed E-state index contributed by atoms with van der Waals surface area (Å²) < 4.78 is 72.0. The number of aliphatic hydroxyl groups is 1. The Hall–Kier alpha value is -10.7. The quantitative estimate of drug-likeness (QED) is 0.00593. The number of esters is 2. The van der Waals surface area contributed by atoms with Gasteiger partial charge in [-0.2, -0.15) is 0 Å². The second kappa shape index (κ2) is 40.5. The van der Waals surface area contributed by atoms with Crippen LogP contribution in [0.2, 0.25) is 0 Å². The van der Waals surface area contributed by atoms with Gasteiger partial charge < -0.3 is 106 Å². The maximum absolute atomic E-state index is 15.5. The fraction of sp³-hybridized carbons (Fsp3) is 0.527. The first kappa shape index (κ1) is 88.2. The summed E-state index contributed by atoms with van der Waals surface area (Å²) in [6, 6.07) is 0.710. The minimum Gasteiger partial charge on any atom is -0.464 e. The third-order valence-corrected chi connectivity index (χ3v) is 20.3. The van der Waals surface area contributed by atoms with Gasteiger partial charge in [-0.25, -0.2) is 28.6 Å².